The SMILES string of the molecule is CCCC(C)(O)CNC(=O)c1cccc(C)c1C. The molecule has 1 rings (SSSR count). The number of nitrogens with one attached hydrogen (secondary N) is 1. The lowest BCUT2D eigenvalue weighted by molar-refractivity contribution is 0.0469. The van der Waals surface area contributed by atoms with Gasteiger partial charge in [-0.05, 0) is 44.4 Å². The maximum absolute atomic E-state index is 12.0. The van der Waals surface area contributed by atoms with Crippen molar-refractivity contribution in [3.05, 3.63) is 34.9 Å². The van der Waals surface area contributed by atoms with E-state index in [-0.39, 0.29) is 12.5 Å². The van der Waals surface area contributed by atoms with Gasteiger partial charge in [-0.15, -0.1) is 0 Å². The first kappa shape index (κ1) is 14.7. The summed E-state index contributed by atoms with van der Waals surface area (Å²) < 4.78 is 0. The summed E-state index contributed by atoms with van der Waals surface area (Å²) in [4.78, 5) is 12.0. The van der Waals surface area contributed by atoms with E-state index >= 15 is 0 Å². The Hall–Kier alpha value is -1.35. The molecule has 0 aliphatic rings. The summed E-state index contributed by atoms with van der Waals surface area (Å²) in [5, 5.41) is 12.8. The number of hydrogen-bond donors (Lipinski definition) is 2. The Balaban J connectivity index is 2.69. The number of hydrogen-bond acceptors (Lipinski definition) is 2. The number of benzene rings is 1. The Kier molecular flexibility index (Phi) is 4.91. The third-order valence-electron chi connectivity index (χ3n) is 3.27. The molecule has 0 aliphatic carbocycles. The van der Waals surface area contributed by atoms with Gasteiger partial charge in [0.15, 0.2) is 0 Å². The molecule has 0 aromatic heterocycles. The zero-order valence-electron chi connectivity index (χ0n) is 11.7. The fraction of sp³-hybridized carbons (Fsp3) is 0.533. The van der Waals surface area contributed by atoms with Gasteiger partial charge in [0.25, 0.3) is 5.91 Å². The zero-order chi connectivity index (χ0) is 13.8. The molecule has 1 amide bonds. The van der Waals surface area contributed by atoms with Gasteiger partial charge in [-0.3, -0.25) is 4.79 Å². The Morgan fingerprint density at radius 3 is 2.67 bits per heavy atom. The molecule has 3 heteroatoms. The number of carbonyl (C=O) groups is 1. The summed E-state index contributed by atoms with van der Waals surface area (Å²) in [5.41, 5.74) is 1.94. The van der Waals surface area contributed by atoms with Crippen LogP contribution in [0.5, 0.6) is 0 Å². The summed E-state index contributed by atoms with van der Waals surface area (Å²) in [6.07, 6.45) is 1.58. The topological polar surface area (TPSA) is 49.3 Å². The summed E-state index contributed by atoms with van der Waals surface area (Å²) in [5.74, 6) is -0.118. The Morgan fingerprint density at radius 2 is 2.06 bits per heavy atom. The third-order valence-corrected chi connectivity index (χ3v) is 3.27. The minimum atomic E-state index is -0.831. The predicted octanol–water partition coefficient (Wildman–Crippen LogP) is 2.58. The number of rotatable bonds is 5. The maximum atomic E-state index is 12.0. The van der Waals surface area contributed by atoms with Gasteiger partial charge in [0.1, 0.15) is 0 Å². The van der Waals surface area contributed by atoms with Crippen LogP contribution in [0, 0.1) is 13.8 Å². The van der Waals surface area contributed by atoms with Gasteiger partial charge in [-0.1, -0.05) is 25.5 Å². The fourth-order valence-corrected chi connectivity index (χ4v) is 1.99. The van der Waals surface area contributed by atoms with Crippen LogP contribution in [0.3, 0.4) is 0 Å². The van der Waals surface area contributed by atoms with E-state index in [0.29, 0.717) is 12.0 Å². The average Bonchev–Trinajstić information content (AvgIpc) is 2.30. The average molecular weight is 249 g/mol. The number of aryl methyl sites for hydroxylation is 1. The monoisotopic (exact) mass is 249 g/mol. The second kappa shape index (κ2) is 6.01. The standard InChI is InChI=1S/C15H23NO2/c1-5-9-15(4,18)10-16-14(17)13-8-6-7-11(2)12(13)3/h6-8,18H,5,9-10H2,1-4H3,(H,16,17). The number of amides is 1. The van der Waals surface area contributed by atoms with Gasteiger partial charge in [-0.2, -0.15) is 0 Å². The molecule has 0 aliphatic heterocycles. The minimum Gasteiger partial charge on any atom is -0.388 e. The van der Waals surface area contributed by atoms with Crippen LogP contribution in [0.15, 0.2) is 18.2 Å². The highest BCUT2D eigenvalue weighted by molar-refractivity contribution is 5.95. The highest BCUT2D eigenvalue weighted by atomic mass is 16.3. The van der Waals surface area contributed by atoms with Gasteiger partial charge in [0.2, 0.25) is 0 Å². The van der Waals surface area contributed by atoms with Crippen LogP contribution in [0.25, 0.3) is 0 Å². The molecule has 0 fully saturated rings. The summed E-state index contributed by atoms with van der Waals surface area (Å²) in [6, 6.07) is 5.67. The van der Waals surface area contributed by atoms with Crippen molar-refractivity contribution < 1.29 is 9.90 Å². The van der Waals surface area contributed by atoms with E-state index in [9.17, 15) is 9.90 Å². The normalized spacial score (nSPS) is 14.1. The van der Waals surface area contributed by atoms with Crippen molar-refractivity contribution >= 4 is 5.91 Å². The quantitative estimate of drug-likeness (QED) is 0.842. The van der Waals surface area contributed by atoms with E-state index in [2.05, 4.69) is 5.32 Å². The molecule has 0 bridgehead atoms. The molecule has 1 aromatic rings. The molecule has 100 valence electrons. The molecule has 0 saturated carbocycles. The highest BCUT2D eigenvalue weighted by Gasteiger charge is 2.20. The Bertz CT molecular complexity index is 425. The van der Waals surface area contributed by atoms with Crippen molar-refractivity contribution in [2.75, 3.05) is 6.54 Å². The lowest BCUT2D eigenvalue weighted by Gasteiger charge is -2.23. The molecule has 1 atom stereocenters. The van der Waals surface area contributed by atoms with Gasteiger partial charge in [0, 0.05) is 12.1 Å². The Morgan fingerprint density at radius 1 is 1.39 bits per heavy atom. The smallest absolute Gasteiger partial charge is 0.251 e. The molecule has 0 saturated heterocycles. The van der Waals surface area contributed by atoms with E-state index in [0.717, 1.165) is 17.5 Å². The van der Waals surface area contributed by atoms with Gasteiger partial charge in [0.05, 0.1) is 5.60 Å². The van der Waals surface area contributed by atoms with Gasteiger partial charge in [-0.25, -0.2) is 0 Å². The zero-order valence-corrected chi connectivity index (χ0v) is 11.7. The van der Waals surface area contributed by atoms with Gasteiger partial charge < -0.3 is 10.4 Å². The molecule has 1 aromatic carbocycles. The fourth-order valence-electron chi connectivity index (χ4n) is 1.99. The van der Waals surface area contributed by atoms with E-state index < -0.39 is 5.60 Å². The third kappa shape index (κ3) is 3.84. The highest BCUT2D eigenvalue weighted by Crippen LogP contribution is 2.14. The van der Waals surface area contributed by atoms with Crippen LogP contribution >= 0.6 is 0 Å². The second-order valence-corrected chi connectivity index (χ2v) is 5.18. The maximum Gasteiger partial charge on any atom is 0.251 e. The molecule has 2 N–H and O–H groups in total. The lowest BCUT2D eigenvalue weighted by Crippen LogP contribution is -2.40. The Labute approximate surface area is 109 Å². The van der Waals surface area contributed by atoms with Crippen LogP contribution in [0.1, 0.15) is 48.2 Å². The van der Waals surface area contributed by atoms with E-state index in [1.807, 2.05) is 39.0 Å². The van der Waals surface area contributed by atoms with Crippen molar-refractivity contribution in [2.24, 2.45) is 0 Å². The van der Waals surface area contributed by atoms with Crippen molar-refractivity contribution in [2.45, 2.75) is 46.1 Å². The van der Waals surface area contributed by atoms with Crippen molar-refractivity contribution in [3.8, 4) is 0 Å². The predicted molar refractivity (Wildman–Crippen MR) is 73.8 cm³/mol. The van der Waals surface area contributed by atoms with Crippen LogP contribution in [0.2, 0.25) is 0 Å². The molecular formula is C15H23NO2. The lowest BCUT2D eigenvalue weighted by atomic mass is 9.99. The summed E-state index contributed by atoms with van der Waals surface area (Å²) in [7, 11) is 0. The first-order valence-corrected chi connectivity index (χ1v) is 6.44. The molecule has 0 heterocycles. The van der Waals surface area contributed by atoms with Gasteiger partial charge >= 0.3 is 0 Å². The van der Waals surface area contributed by atoms with Crippen molar-refractivity contribution in [3.63, 3.8) is 0 Å². The van der Waals surface area contributed by atoms with Crippen LogP contribution in [-0.4, -0.2) is 23.2 Å². The second-order valence-electron chi connectivity index (χ2n) is 5.18. The van der Waals surface area contributed by atoms with Crippen LogP contribution in [0.4, 0.5) is 0 Å². The molecular weight excluding hydrogens is 226 g/mol. The minimum absolute atomic E-state index is 0.118. The first-order valence-electron chi connectivity index (χ1n) is 6.44. The number of carbonyl (C=O) groups excluding carboxylic acids is 1. The van der Waals surface area contributed by atoms with Crippen LogP contribution in [-0.2, 0) is 0 Å². The van der Waals surface area contributed by atoms with E-state index in [1.165, 1.54) is 0 Å². The molecule has 1 unspecified atom stereocenters. The number of aliphatic hydroxyl groups is 1. The summed E-state index contributed by atoms with van der Waals surface area (Å²) >= 11 is 0. The van der Waals surface area contributed by atoms with Crippen molar-refractivity contribution in [1.29, 1.82) is 0 Å². The van der Waals surface area contributed by atoms with Crippen LogP contribution < -0.4 is 5.32 Å². The van der Waals surface area contributed by atoms with E-state index in [1.54, 1.807) is 6.92 Å². The molecule has 0 spiro atoms. The largest absolute Gasteiger partial charge is 0.388 e. The summed E-state index contributed by atoms with van der Waals surface area (Å²) in [6.45, 7) is 7.97. The first-order chi connectivity index (χ1) is 8.37. The van der Waals surface area contributed by atoms with E-state index in [4.69, 9.17) is 0 Å². The molecule has 0 radical (unpaired) electrons. The molecule has 3 nitrogen and oxygen atoms in total. The van der Waals surface area contributed by atoms with Crippen molar-refractivity contribution in [1.82, 2.24) is 5.32 Å². The molecule has 18 heavy (non-hydrogen) atoms.